The van der Waals surface area contributed by atoms with Crippen LogP contribution in [0.15, 0.2) is 18.2 Å². The summed E-state index contributed by atoms with van der Waals surface area (Å²) in [5.41, 5.74) is 0.768. The molecule has 0 aliphatic rings. The van der Waals surface area contributed by atoms with Crippen molar-refractivity contribution < 1.29 is 8.42 Å². The van der Waals surface area contributed by atoms with Gasteiger partial charge in [0.15, 0.2) is 0 Å². The van der Waals surface area contributed by atoms with Crippen LogP contribution in [0.25, 0.3) is 0 Å². The van der Waals surface area contributed by atoms with E-state index in [-0.39, 0.29) is 0 Å². The molecule has 0 unspecified atom stereocenters. The Morgan fingerprint density at radius 3 is 2.50 bits per heavy atom. The van der Waals surface area contributed by atoms with Crippen molar-refractivity contribution in [2.24, 2.45) is 0 Å². The monoisotopic (exact) mass is 215 g/mol. The molecule has 78 valence electrons. The quantitative estimate of drug-likeness (QED) is 0.803. The first-order valence-electron chi connectivity index (χ1n) is 4.06. The zero-order valence-electron chi connectivity index (χ0n) is 8.35. The predicted molar refractivity (Wildman–Crippen MR) is 55.2 cm³/mol. The Morgan fingerprint density at radius 2 is 2.00 bits per heavy atom. The number of nitrogens with one attached hydrogen (secondary N) is 1. The van der Waals surface area contributed by atoms with E-state index >= 15 is 0 Å². The average molecular weight is 215 g/mol. The summed E-state index contributed by atoms with van der Waals surface area (Å²) in [6, 6.07) is 5.15. The second-order valence-electron chi connectivity index (χ2n) is 3.05. The molecular weight excluding hydrogens is 202 g/mol. The van der Waals surface area contributed by atoms with E-state index in [2.05, 4.69) is 9.71 Å². The smallest absolute Gasteiger partial charge is 0.254 e. The highest BCUT2D eigenvalue weighted by Crippen LogP contribution is 2.07. The highest BCUT2D eigenvalue weighted by molar-refractivity contribution is 7.90. The number of hydrogen-bond acceptors (Lipinski definition) is 3. The van der Waals surface area contributed by atoms with Crippen LogP contribution >= 0.6 is 0 Å². The molecule has 0 amide bonds. The van der Waals surface area contributed by atoms with Gasteiger partial charge in [-0.25, -0.2) is 4.98 Å². The standard InChI is InChI=1S/C8H13N3O2S/c1-7-5-4-6-8(9-7)10-14(12,13)11(2)3/h4-6H,1-3H3,(H,9,10). The van der Waals surface area contributed by atoms with Crippen LogP contribution in [-0.4, -0.2) is 31.8 Å². The minimum Gasteiger partial charge on any atom is -0.254 e. The van der Waals surface area contributed by atoms with Gasteiger partial charge in [0.2, 0.25) is 0 Å². The first kappa shape index (κ1) is 10.9. The van der Waals surface area contributed by atoms with Crippen molar-refractivity contribution in [3.05, 3.63) is 23.9 Å². The summed E-state index contributed by atoms with van der Waals surface area (Å²) < 4.78 is 26.2. The molecule has 0 fully saturated rings. The van der Waals surface area contributed by atoms with Crippen molar-refractivity contribution in [3.8, 4) is 0 Å². The number of aryl methyl sites for hydroxylation is 1. The molecule has 0 bridgehead atoms. The zero-order valence-corrected chi connectivity index (χ0v) is 9.17. The average Bonchev–Trinajstić information content (AvgIpc) is 2.02. The SMILES string of the molecule is Cc1cccc(NS(=O)(=O)N(C)C)n1. The largest absolute Gasteiger partial charge is 0.302 e. The van der Waals surface area contributed by atoms with Crippen molar-refractivity contribution >= 4 is 16.0 Å². The van der Waals surface area contributed by atoms with Gasteiger partial charge in [-0.2, -0.15) is 12.7 Å². The fourth-order valence-electron chi connectivity index (χ4n) is 0.823. The van der Waals surface area contributed by atoms with E-state index in [1.54, 1.807) is 25.1 Å². The van der Waals surface area contributed by atoms with Crippen molar-refractivity contribution in [2.45, 2.75) is 6.92 Å². The van der Waals surface area contributed by atoms with Gasteiger partial charge in [0.1, 0.15) is 5.82 Å². The Labute approximate surface area is 84.0 Å². The van der Waals surface area contributed by atoms with Crippen molar-refractivity contribution in [1.82, 2.24) is 9.29 Å². The third-order valence-corrected chi connectivity index (χ3v) is 3.03. The van der Waals surface area contributed by atoms with E-state index in [9.17, 15) is 8.42 Å². The number of aromatic nitrogens is 1. The van der Waals surface area contributed by atoms with Gasteiger partial charge in [0.05, 0.1) is 0 Å². The van der Waals surface area contributed by atoms with Gasteiger partial charge >= 0.3 is 10.2 Å². The molecule has 14 heavy (non-hydrogen) atoms. The summed E-state index contributed by atoms with van der Waals surface area (Å²) in [6.07, 6.45) is 0. The minimum atomic E-state index is -3.45. The summed E-state index contributed by atoms with van der Waals surface area (Å²) >= 11 is 0. The highest BCUT2D eigenvalue weighted by atomic mass is 32.2. The van der Waals surface area contributed by atoms with Gasteiger partial charge in [0, 0.05) is 19.8 Å². The van der Waals surface area contributed by atoms with E-state index in [0.29, 0.717) is 5.82 Å². The molecule has 0 aliphatic heterocycles. The Hall–Kier alpha value is -1.14. The highest BCUT2D eigenvalue weighted by Gasteiger charge is 2.13. The molecule has 5 nitrogen and oxygen atoms in total. The van der Waals surface area contributed by atoms with Crippen LogP contribution in [0.3, 0.4) is 0 Å². The van der Waals surface area contributed by atoms with Gasteiger partial charge in [-0.15, -0.1) is 0 Å². The summed E-state index contributed by atoms with van der Waals surface area (Å²) in [5, 5.41) is 0. The van der Waals surface area contributed by atoms with E-state index in [4.69, 9.17) is 0 Å². The molecule has 1 aromatic heterocycles. The normalized spacial score (nSPS) is 11.7. The van der Waals surface area contributed by atoms with Gasteiger partial charge in [-0.3, -0.25) is 4.72 Å². The third-order valence-electron chi connectivity index (χ3n) is 1.60. The maximum Gasteiger partial charge on any atom is 0.302 e. The van der Waals surface area contributed by atoms with Gasteiger partial charge < -0.3 is 0 Å². The number of anilines is 1. The molecule has 0 radical (unpaired) electrons. The minimum absolute atomic E-state index is 0.332. The van der Waals surface area contributed by atoms with Gasteiger partial charge in [0.25, 0.3) is 0 Å². The Bertz CT molecular complexity index is 414. The zero-order chi connectivity index (χ0) is 10.8. The van der Waals surface area contributed by atoms with Gasteiger partial charge in [-0.05, 0) is 19.1 Å². The molecule has 0 saturated carbocycles. The maximum atomic E-state index is 11.4. The summed E-state index contributed by atoms with van der Waals surface area (Å²) in [5.74, 6) is 0.332. The fourth-order valence-corrected chi connectivity index (χ4v) is 1.38. The maximum absolute atomic E-state index is 11.4. The Morgan fingerprint density at radius 1 is 1.36 bits per heavy atom. The first-order valence-corrected chi connectivity index (χ1v) is 5.50. The second-order valence-corrected chi connectivity index (χ2v) is 4.94. The van der Waals surface area contributed by atoms with E-state index < -0.39 is 10.2 Å². The lowest BCUT2D eigenvalue weighted by Gasteiger charge is -2.12. The molecule has 1 heterocycles. The third kappa shape index (κ3) is 2.68. The van der Waals surface area contributed by atoms with Crippen molar-refractivity contribution in [2.75, 3.05) is 18.8 Å². The molecule has 1 N–H and O–H groups in total. The lowest BCUT2D eigenvalue weighted by Crippen LogP contribution is -2.29. The summed E-state index contributed by atoms with van der Waals surface area (Å²) in [4.78, 5) is 4.02. The van der Waals surface area contributed by atoms with Crippen LogP contribution in [0.2, 0.25) is 0 Å². The molecule has 0 saturated heterocycles. The van der Waals surface area contributed by atoms with Crippen LogP contribution in [-0.2, 0) is 10.2 Å². The van der Waals surface area contributed by atoms with Crippen LogP contribution < -0.4 is 4.72 Å². The molecule has 0 spiro atoms. The first-order chi connectivity index (χ1) is 6.42. The Kier molecular flexibility index (Phi) is 3.07. The molecule has 1 rings (SSSR count). The Balaban J connectivity index is 2.90. The number of rotatable bonds is 3. The van der Waals surface area contributed by atoms with Crippen molar-refractivity contribution in [3.63, 3.8) is 0 Å². The van der Waals surface area contributed by atoms with E-state index in [0.717, 1.165) is 10.00 Å². The van der Waals surface area contributed by atoms with Crippen LogP contribution in [0.4, 0.5) is 5.82 Å². The molecule has 0 aromatic carbocycles. The van der Waals surface area contributed by atoms with Crippen molar-refractivity contribution in [1.29, 1.82) is 0 Å². The second kappa shape index (κ2) is 3.93. The lowest BCUT2D eigenvalue weighted by molar-refractivity contribution is 0.526. The molecular formula is C8H13N3O2S. The number of nitrogens with zero attached hydrogens (tertiary/aromatic N) is 2. The topological polar surface area (TPSA) is 62.3 Å². The molecule has 0 atom stereocenters. The van der Waals surface area contributed by atoms with E-state index in [1.165, 1.54) is 14.1 Å². The van der Waals surface area contributed by atoms with Crippen LogP contribution in [0.5, 0.6) is 0 Å². The molecule has 1 aromatic rings. The van der Waals surface area contributed by atoms with Crippen LogP contribution in [0.1, 0.15) is 5.69 Å². The summed E-state index contributed by atoms with van der Waals surface area (Å²) in [6.45, 7) is 1.80. The number of pyridine rings is 1. The van der Waals surface area contributed by atoms with E-state index in [1.807, 2.05) is 0 Å². The summed E-state index contributed by atoms with van der Waals surface area (Å²) in [7, 11) is -0.534. The molecule has 0 aliphatic carbocycles. The fraction of sp³-hybridized carbons (Fsp3) is 0.375. The van der Waals surface area contributed by atoms with Crippen LogP contribution in [0, 0.1) is 6.92 Å². The van der Waals surface area contributed by atoms with Gasteiger partial charge in [-0.1, -0.05) is 6.07 Å². The predicted octanol–water partition coefficient (Wildman–Crippen LogP) is 0.608. The number of hydrogen-bond donors (Lipinski definition) is 1. The lowest BCUT2D eigenvalue weighted by atomic mass is 10.4. The molecule has 6 heteroatoms.